The topological polar surface area (TPSA) is 55.1 Å². The van der Waals surface area contributed by atoms with Crippen LogP contribution >= 0.6 is 15.9 Å². The van der Waals surface area contributed by atoms with Gasteiger partial charge in [0.15, 0.2) is 0 Å². The fraction of sp³-hybridized carbons (Fsp3) is 0.417. The Balaban J connectivity index is 2.71. The van der Waals surface area contributed by atoms with E-state index >= 15 is 0 Å². The number of halogens is 2. The van der Waals surface area contributed by atoms with E-state index in [0.29, 0.717) is 10.2 Å². The van der Waals surface area contributed by atoms with Crippen molar-refractivity contribution in [3.63, 3.8) is 0 Å². The van der Waals surface area contributed by atoms with Gasteiger partial charge in [0.1, 0.15) is 5.82 Å². The maximum atomic E-state index is 13.0. The monoisotopic (exact) mass is 302 g/mol. The van der Waals surface area contributed by atoms with E-state index in [0.717, 1.165) is 6.42 Å². The van der Waals surface area contributed by atoms with Crippen molar-refractivity contribution in [1.82, 2.24) is 0 Å². The van der Waals surface area contributed by atoms with Gasteiger partial charge in [-0.25, -0.2) is 4.39 Å². The van der Waals surface area contributed by atoms with Crippen molar-refractivity contribution >= 4 is 27.5 Å². The standard InChI is InChI=1S/C12H16BrFN2O/c1-3-7(2)11(15)12(17)16-8-4-5-10(14)9(13)6-8/h4-7,11H,3,15H2,1-2H3,(H,16,17). The molecule has 0 spiro atoms. The number of hydrogen-bond acceptors (Lipinski definition) is 2. The normalized spacial score (nSPS) is 14.2. The van der Waals surface area contributed by atoms with Crippen LogP contribution in [0.4, 0.5) is 10.1 Å². The fourth-order valence-electron chi connectivity index (χ4n) is 1.31. The van der Waals surface area contributed by atoms with E-state index in [2.05, 4.69) is 21.2 Å². The second kappa shape index (κ2) is 6.12. The third kappa shape index (κ3) is 3.78. The lowest BCUT2D eigenvalue weighted by atomic mass is 9.99. The molecule has 3 nitrogen and oxygen atoms in total. The Kier molecular flexibility index (Phi) is 5.08. The Morgan fingerprint density at radius 1 is 1.59 bits per heavy atom. The number of nitrogens with two attached hydrogens (primary N) is 1. The number of hydrogen-bond donors (Lipinski definition) is 2. The zero-order valence-electron chi connectivity index (χ0n) is 9.84. The molecule has 1 amide bonds. The SMILES string of the molecule is CCC(C)C(N)C(=O)Nc1ccc(F)c(Br)c1. The summed E-state index contributed by atoms with van der Waals surface area (Å²) in [6, 6.07) is 3.75. The molecular weight excluding hydrogens is 287 g/mol. The Bertz CT molecular complexity index is 411. The van der Waals surface area contributed by atoms with Gasteiger partial charge in [-0.15, -0.1) is 0 Å². The fourth-order valence-corrected chi connectivity index (χ4v) is 1.69. The van der Waals surface area contributed by atoms with Gasteiger partial charge < -0.3 is 11.1 Å². The molecule has 0 radical (unpaired) electrons. The van der Waals surface area contributed by atoms with Gasteiger partial charge >= 0.3 is 0 Å². The van der Waals surface area contributed by atoms with E-state index < -0.39 is 6.04 Å². The molecule has 94 valence electrons. The molecule has 0 aliphatic rings. The highest BCUT2D eigenvalue weighted by molar-refractivity contribution is 9.10. The Hall–Kier alpha value is -0.940. The third-order valence-electron chi connectivity index (χ3n) is 2.75. The van der Waals surface area contributed by atoms with Crippen molar-refractivity contribution in [3.05, 3.63) is 28.5 Å². The van der Waals surface area contributed by atoms with Crippen LogP contribution in [0.25, 0.3) is 0 Å². The van der Waals surface area contributed by atoms with Gasteiger partial charge in [-0.3, -0.25) is 4.79 Å². The number of rotatable bonds is 4. The molecule has 1 rings (SSSR count). The number of benzene rings is 1. The first-order chi connectivity index (χ1) is 7.95. The first-order valence-corrected chi connectivity index (χ1v) is 6.26. The highest BCUT2D eigenvalue weighted by Gasteiger charge is 2.19. The van der Waals surface area contributed by atoms with Gasteiger partial charge in [-0.1, -0.05) is 20.3 Å². The van der Waals surface area contributed by atoms with Gasteiger partial charge in [0, 0.05) is 5.69 Å². The van der Waals surface area contributed by atoms with Crippen molar-refractivity contribution in [2.45, 2.75) is 26.3 Å². The largest absolute Gasteiger partial charge is 0.325 e. The molecule has 0 fully saturated rings. The summed E-state index contributed by atoms with van der Waals surface area (Å²) in [7, 11) is 0. The lowest BCUT2D eigenvalue weighted by Crippen LogP contribution is -2.40. The molecule has 0 aromatic heterocycles. The van der Waals surface area contributed by atoms with Crippen LogP contribution in [0.5, 0.6) is 0 Å². The maximum absolute atomic E-state index is 13.0. The molecule has 2 unspecified atom stereocenters. The first-order valence-electron chi connectivity index (χ1n) is 5.47. The number of nitrogens with one attached hydrogen (secondary N) is 1. The highest BCUT2D eigenvalue weighted by atomic mass is 79.9. The van der Waals surface area contributed by atoms with Crippen LogP contribution in [0.3, 0.4) is 0 Å². The lowest BCUT2D eigenvalue weighted by Gasteiger charge is -2.17. The van der Waals surface area contributed by atoms with Crippen LogP contribution in [0.1, 0.15) is 20.3 Å². The molecular formula is C12H16BrFN2O. The molecule has 1 aromatic rings. The predicted molar refractivity (Wildman–Crippen MR) is 70.2 cm³/mol. The molecule has 2 atom stereocenters. The first kappa shape index (κ1) is 14.1. The Labute approximate surface area is 109 Å². The van der Waals surface area contributed by atoms with Crippen LogP contribution in [-0.4, -0.2) is 11.9 Å². The van der Waals surface area contributed by atoms with Crippen molar-refractivity contribution < 1.29 is 9.18 Å². The van der Waals surface area contributed by atoms with E-state index in [-0.39, 0.29) is 17.6 Å². The number of amides is 1. The van der Waals surface area contributed by atoms with Gasteiger partial charge in [0.2, 0.25) is 5.91 Å². The lowest BCUT2D eigenvalue weighted by molar-refractivity contribution is -0.118. The molecule has 3 N–H and O–H groups in total. The summed E-state index contributed by atoms with van der Waals surface area (Å²) in [6.07, 6.45) is 0.835. The number of carbonyl (C=O) groups excluding carboxylic acids is 1. The van der Waals surface area contributed by atoms with Crippen LogP contribution in [0.15, 0.2) is 22.7 Å². The molecule has 0 saturated carbocycles. The Morgan fingerprint density at radius 2 is 2.24 bits per heavy atom. The van der Waals surface area contributed by atoms with Gasteiger partial charge in [-0.2, -0.15) is 0 Å². The zero-order valence-corrected chi connectivity index (χ0v) is 11.4. The van der Waals surface area contributed by atoms with Crippen LogP contribution in [-0.2, 0) is 4.79 Å². The van der Waals surface area contributed by atoms with Gasteiger partial charge in [0.25, 0.3) is 0 Å². The van der Waals surface area contributed by atoms with Crippen molar-refractivity contribution in [2.24, 2.45) is 11.7 Å². The third-order valence-corrected chi connectivity index (χ3v) is 3.35. The molecule has 0 heterocycles. The van der Waals surface area contributed by atoms with E-state index in [4.69, 9.17) is 5.73 Å². The van der Waals surface area contributed by atoms with Crippen LogP contribution in [0.2, 0.25) is 0 Å². The maximum Gasteiger partial charge on any atom is 0.241 e. The summed E-state index contributed by atoms with van der Waals surface area (Å²) in [4.78, 5) is 11.8. The summed E-state index contributed by atoms with van der Waals surface area (Å²) in [5, 5.41) is 2.66. The molecule has 17 heavy (non-hydrogen) atoms. The molecule has 0 aliphatic heterocycles. The van der Waals surface area contributed by atoms with Crippen molar-refractivity contribution in [2.75, 3.05) is 5.32 Å². The summed E-state index contributed by atoms with van der Waals surface area (Å²) in [6.45, 7) is 3.90. The number of anilines is 1. The second-order valence-corrected chi connectivity index (χ2v) is 4.88. The predicted octanol–water partition coefficient (Wildman–Crippen LogP) is 2.90. The molecule has 5 heteroatoms. The minimum absolute atomic E-state index is 0.110. The van der Waals surface area contributed by atoms with Gasteiger partial charge in [-0.05, 0) is 40.0 Å². The number of carbonyl (C=O) groups is 1. The van der Waals surface area contributed by atoms with Crippen molar-refractivity contribution in [3.8, 4) is 0 Å². The highest BCUT2D eigenvalue weighted by Crippen LogP contribution is 2.20. The summed E-state index contributed by atoms with van der Waals surface area (Å²) in [5.41, 5.74) is 6.32. The van der Waals surface area contributed by atoms with E-state index in [1.165, 1.54) is 18.2 Å². The minimum Gasteiger partial charge on any atom is -0.325 e. The zero-order chi connectivity index (χ0) is 13.0. The molecule has 0 aliphatic carbocycles. The summed E-state index contributed by atoms with van der Waals surface area (Å²) in [5.74, 6) is -0.508. The summed E-state index contributed by atoms with van der Waals surface area (Å²) >= 11 is 3.06. The second-order valence-electron chi connectivity index (χ2n) is 4.03. The minimum atomic E-state index is -0.552. The smallest absolute Gasteiger partial charge is 0.241 e. The average molecular weight is 303 g/mol. The summed E-state index contributed by atoms with van der Waals surface area (Å²) < 4.78 is 13.3. The van der Waals surface area contributed by atoms with Crippen LogP contribution < -0.4 is 11.1 Å². The average Bonchev–Trinajstić information content (AvgIpc) is 2.31. The van der Waals surface area contributed by atoms with Gasteiger partial charge in [0.05, 0.1) is 10.5 Å². The van der Waals surface area contributed by atoms with E-state index in [1.807, 2.05) is 13.8 Å². The van der Waals surface area contributed by atoms with Crippen molar-refractivity contribution in [1.29, 1.82) is 0 Å². The molecule has 0 saturated heterocycles. The quantitative estimate of drug-likeness (QED) is 0.898. The molecule has 0 bridgehead atoms. The van der Waals surface area contributed by atoms with E-state index in [1.54, 1.807) is 0 Å². The van der Waals surface area contributed by atoms with Crippen LogP contribution in [0, 0.1) is 11.7 Å². The molecule has 1 aromatic carbocycles. The Morgan fingerprint density at radius 3 is 2.76 bits per heavy atom. The van der Waals surface area contributed by atoms with E-state index in [9.17, 15) is 9.18 Å².